The summed E-state index contributed by atoms with van der Waals surface area (Å²) in [6.45, 7) is 8.78. The highest BCUT2D eigenvalue weighted by atomic mass is 16.3. The van der Waals surface area contributed by atoms with E-state index < -0.39 is 0 Å². The topological polar surface area (TPSA) is 66.0 Å². The molecule has 0 radical (unpaired) electrons. The quantitative estimate of drug-likeness (QED) is 0.164. The average molecular weight is 755 g/mol. The van der Waals surface area contributed by atoms with Crippen LogP contribution in [0.4, 0.5) is 5.69 Å². The van der Waals surface area contributed by atoms with Crippen molar-refractivity contribution in [3.63, 3.8) is 0 Å². The van der Waals surface area contributed by atoms with Crippen molar-refractivity contribution >= 4 is 71.2 Å². The van der Waals surface area contributed by atoms with E-state index in [4.69, 9.17) is 25.9 Å². The van der Waals surface area contributed by atoms with Crippen molar-refractivity contribution in [2.24, 2.45) is 0 Å². The van der Waals surface area contributed by atoms with Crippen LogP contribution in [-0.2, 0) is 0 Å². The van der Waals surface area contributed by atoms with Gasteiger partial charge in [0.15, 0.2) is 17.5 Å². The van der Waals surface area contributed by atoms with E-state index in [0.717, 1.165) is 82.4 Å². The molecule has 12 rings (SSSR count). The number of para-hydroxylation sites is 5. The summed E-state index contributed by atoms with van der Waals surface area (Å²) in [7, 11) is 0. The Bertz CT molecular complexity index is 3520. The molecule has 7 nitrogen and oxygen atoms in total. The van der Waals surface area contributed by atoms with Gasteiger partial charge in [-0.3, -0.25) is 0 Å². The Kier molecular flexibility index (Phi) is 7.16. The molecule has 7 heteroatoms. The van der Waals surface area contributed by atoms with Gasteiger partial charge in [0.25, 0.3) is 0 Å². The molecule has 59 heavy (non-hydrogen) atoms. The summed E-state index contributed by atoms with van der Waals surface area (Å²) in [6.07, 6.45) is 0. The normalized spacial score (nSPS) is 11.7. The van der Waals surface area contributed by atoms with Crippen LogP contribution in [0.25, 0.3) is 116 Å². The van der Waals surface area contributed by atoms with E-state index in [1.165, 1.54) is 0 Å². The van der Waals surface area contributed by atoms with Crippen LogP contribution >= 0.6 is 0 Å². The van der Waals surface area contributed by atoms with E-state index in [0.29, 0.717) is 34.3 Å². The van der Waals surface area contributed by atoms with Gasteiger partial charge in [0.2, 0.25) is 5.69 Å². The van der Waals surface area contributed by atoms with Gasteiger partial charge in [-0.15, -0.1) is 0 Å². The first-order valence-electron chi connectivity index (χ1n) is 19.5. The summed E-state index contributed by atoms with van der Waals surface area (Å²) in [5.74, 6) is 1.63. The highest BCUT2D eigenvalue weighted by Gasteiger charge is 2.28. The molecule has 0 spiro atoms. The van der Waals surface area contributed by atoms with Crippen molar-refractivity contribution in [3.8, 4) is 45.5 Å². The Hall–Kier alpha value is -8.34. The largest absolute Gasteiger partial charge is 0.457 e. The second-order valence-electron chi connectivity index (χ2n) is 14.6. The Morgan fingerprint density at radius 2 is 0.847 bits per heavy atom. The second kappa shape index (κ2) is 12.8. The predicted octanol–water partition coefficient (Wildman–Crippen LogP) is 13.5. The number of hydrogen-bond donors (Lipinski definition) is 0. The fourth-order valence-electron chi connectivity index (χ4n) is 8.87. The summed E-state index contributed by atoms with van der Waals surface area (Å²) in [5.41, 5.74) is 9.93. The zero-order valence-corrected chi connectivity index (χ0v) is 31.4. The summed E-state index contributed by atoms with van der Waals surface area (Å²) in [4.78, 5) is 19.4. The molecule has 4 heterocycles. The Balaban J connectivity index is 1.25. The Morgan fingerprint density at radius 1 is 0.424 bits per heavy atom. The van der Waals surface area contributed by atoms with E-state index >= 15 is 0 Å². The maximum absolute atomic E-state index is 8.78. The predicted molar refractivity (Wildman–Crippen MR) is 238 cm³/mol. The molecule has 8 aromatic carbocycles. The average Bonchev–Trinajstić information content (AvgIpc) is 3.96. The van der Waals surface area contributed by atoms with Crippen LogP contribution in [0.15, 0.2) is 186 Å². The van der Waals surface area contributed by atoms with Gasteiger partial charge in [-0.1, -0.05) is 146 Å². The highest BCUT2D eigenvalue weighted by Crippen LogP contribution is 2.48. The molecule has 0 aliphatic rings. The van der Waals surface area contributed by atoms with Gasteiger partial charge in [0.05, 0.1) is 51.0 Å². The molecule has 274 valence electrons. The van der Waals surface area contributed by atoms with E-state index in [-0.39, 0.29) is 0 Å². The molecule has 0 aliphatic carbocycles. The van der Waals surface area contributed by atoms with Gasteiger partial charge >= 0.3 is 0 Å². The minimum absolute atomic E-state index is 0.472. The number of furan rings is 1. The van der Waals surface area contributed by atoms with Crippen molar-refractivity contribution in [1.82, 2.24) is 24.1 Å². The molecule has 0 saturated carbocycles. The molecular formula is C52H30N6O. The molecule has 4 aromatic heterocycles. The van der Waals surface area contributed by atoms with E-state index in [1.54, 1.807) is 0 Å². The lowest BCUT2D eigenvalue weighted by atomic mass is 10.0. The number of fused-ring (bicyclic) bond motifs is 9. The fourth-order valence-corrected chi connectivity index (χ4v) is 8.87. The highest BCUT2D eigenvalue weighted by molar-refractivity contribution is 6.20. The van der Waals surface area contributed by atoms with Gasteiger partial charge in [-0.05, 0) is 36.4 Å². The summed E-state index contributed by atoms with van der Waals surface area (Å²) in [5, 5.41) is 6.25. The molecular weight excluding hydrogens is 725 g/mol. The third-order valence-corrected chi connectivity index (χ3v) is 11.4. The number of nitrogens with zero attached hydrogens (tertiary/aromatic N) is 6. The molecule has 0 fully saturated rings. The summed E-state index contributed by atoms with van der Waals surface area (Å²) >= 11 is 0. The van der Waals surface area contributed by atoms with Gasteiger partial charge in [0.1, 0.15) is 11.2 Å². The fraction of sp³-hybridized carbons (Fsp3) is 0. The maximum atomic E-state index is 8.78. The molecule has 0 aliphatic heterocycles. The summed E-state index contributed by atoms with van der Waals surface area (Å²) in [6, 6.07) is 61.9. The molecule has 0 saturated heterocycles. The number of rotatable bonds is 5. The molecule has 0 bridgehead atoms. The van der Waals surface area contributed by atoms with Gasteiger partial charge < -0.3 is 13.6 Å². The summed E-state index contributed by atoms with van der Waals surface area (Å²) < 4.78 is 11.6. The van der Waals surface area contributed by atoms with Crippen LogP contribution in [0.5, 0.6) is 0 Å². The monoisotopic (exact) mass is 754 g/mol. The van der Waals surface area contributed by atoms with Crippen LogP contribution < -0.4 is 0 Å². The number of hydrogen-bond acceptors (Lipinski definition) is 4. The van der Waals surface area contributed by atoms with Crippen molar-refractivity contribution in [3.05, 3.63) is 193 Å². The van der Waals surface area contributed by atoms with Crippen molar-refractivity contribution in [1.29, 1.82) is 0 Å². The van der Waals surface area contributed by atoms with E-state index in [1.807, 2.05) is 78.9 Å². The molecule has 0 amide bonds. The number of aromatic nitrogens is 5. The lowest BCUT2D eigenvalue weighted by molar-refractivity contribution is 0.669. The smallest absolute Gasteiger partial charge is 0.216 e. The van der Waals surface area contributed by atoms with E-state index in [9.17, 15) is 0 Å². The third-order valence-electron chi connectivity index (χ3n) is 11.4. The minimum Gasteiger partial charge on any atom is -0.457 e. The first-order chi connectivity index (χ1) is 29.2. The molecule has 0 N–H and O–H groups in total. The van der Waals surface area contributed by atoms with Crippen molar-refractivity contribution in [2.75, 3.05) is 0 Å². The van der Waals surface area contributed by atoms with Gasteiger partial charge in [-0.2, -0.15) is 0 Å². The van der Waals surface area contributed by atoms with Crippen LogP contribution in [0.1, 0.15) is 0 Å². The first kappa shape index (κ1) is 32.9. The zero-order valence-electron chi connectivity index (χ0n) is 31.4. The number of benzene rings is 8. The molecule has 0 atom stereocenters. The maximum Gasteiger partial charge on any atom is 0.216 e. The standard InChI is InChI=1S/C52H30N6O/c1-53-40-31-45-46(38-25-16-26-39(49(38)59-45)52-55-50(32-17-4-2-5-18-32)54-51(56-52)33-19-6-3-7-20-33)48(58-43-29-14-10-23-36(43)37-24-11-15-30-44(37)58)47(40)57-41-27-12-8-21-34(41)35-22-9-13-28-42(35)57/h2-31H. The Labute approximate surface area is 337 Å². The van der Waals surface area contributed by atoms with Crippen LogP contribution in [-0.4, -0.2) is 24.1 Å². The third kappa shape index (κ3) is 4.90. The van der Waals surface area contributed by atoms with Crippen LogP contribution in [0, 0.1) is 6.57 Å². The van der Waals surface area contributed by atoms with Gasteiger partial charge in [-0.25, -0.2) is 19.8 Å². The van der Waals surface area contributed by atoms with Gasteiger partial charge in [0, 0.05) is 38.1 Å². The van der Waals surface area contributed by atoms with Crippen LogP contribution in [0.3, 0.4) is 0 Å². The van der Waals surface area contributed by atoms with Crippen LogP contribution in [0.2, 0.25) is 0 Å². The first-order valence-corrected chi connectivity index (χ1v) is 19.5. The SMILES string of the molecule is [C-]#[N+]c1cc2oc3c(-c4nc(-c5ccccc5)nc(-c5ccccc5)n4)cccc3c2c(-n2c3ccccc3c3ccccc32)c1-n1c2ccccc2c2ccccc21. The lowest BCUT2D eigenvalue weighted by Gasteiger charge is -2.19. The molecule has 12 aromatic rings. The van der Waals surface area contributed by atoms with E-state index in [2.05, 4.69) is 117 Å². The molecule has 0 unspecified atom stereocenters. The zero-order chi connectivity index (χ0) is 39.0. The van der Waals surface area contributed by atoms with Crippen molar-refractivity contribution < 1.29 is 4.42 Å². The Morgan fingerprint density at radius 3 is 1.34 bits per heavy atom. The second-order valence-corrected chi connectivity index (χ2v) is 14.6. The lowest BCUT2D eigenvalue weighted by Crippen LogP contribution is -2.04. The van der Waals surface area contributed by atoms with Crippen molar-refractivity contribution in [2.45, 2.75) is 0 Å². The minimum atomic E-state index is 0.472.